The minimum absolute atomic E-state index is 0.142. The molecule has 1 aliphatic rings. The van der Waals surface area contributed by atoms with Crippen LogP contribution in [-0.2, 0) is 11.2 Å². The Hall–Kier alpha value is -0.940. The maximum absolute atomic E-state index is 5.55. The number of ether oxygens (including phenoxy) is 4. The Morgan fingerprint density at radius 3 is 2.50 bits per heavy atom. The third-order valence-electron chi connectivity index (χ3n) is 3.07. The van der Waals surface area contributed by atoms with Crippen molar-refractivity contribution in [3.05, 3.63) is 17.2 Å². The maximum Gasteiger partial charge on any atom is 0.203 e. The van der Waals surface area contributed by atoms with Crippen molar-refractivity contribution in [2.75, 3.05) is 34.5 Å². The predicted molar refractivity (Wildman–Crippen MR) is 72.3 cm³/mol. The number of fused-ring (bicyclic) bond motifs is 1. The van der Waals surface area contributed by atoms with Crippen molar-refractivity contribution < 1.29 is 18.9 Å². The van der Waals surface area contributed by atoms with Gasteiger partial charge in [-0.05, 0) is 18.1 Å². The molecule has 4 nitrogen and oxygen atoms in total. The highest BCUT2D eigenvalue weighted by atomic mass is 79.9. The monoisotopic (exact) mass is 316 g/mol. The quantitative estimate of drug-likeness (QED) is 0.803. The summed E-state index contributed by atoms with van der Waals surface area (Å²) in [7, 11) is 4.89. The van der Waals surface area contributed by atoms with Crippen molar-refractivity contribution in [3.8, 4) is 17.2 Å². The molecule has 0 bridgehead atoms. The number of rotatable bonds is 3. The second kappa shape index (κ2) is 5.80. The zero-order chi connectivity index (χ0) is 13.1. The van der Waals surface area contributed by atoms with Crippen molar-refractivity contribution in [2.24, 2.45) is 0 Å². The Kier molecular flexibility index (Phi) is 4.35. The van der Waals surface area contributed by atoms with E-state index in [1.54, 1.807) is 21.3 Å². The van der Waals surface area contributed by atoms with Gasteiger partial charge in [0.1, 0.15) is 0 Å². The van der Waals surface area contributed by atoms with Gasteiger partial charge in [-0.1, -0.05) is 15.9 Å². The lowest BCUT2D eigenvalue weighted by molar-refractivity contribution is 0.145. The van der Waals surface area contributed by atoms with Gasteiger partial charge in [0.15, 0.2) is 11.5 Å². The standard InChI is InChI=1S/C13H17BrO4/c1-15-11-6-9-8(4-5-18-7-10(9)14)12(16-2)13(11)17-3/h6,10H,4-5,7H2,1-3H3. The summed E-state index contributed by atoms with van der Waals surface area (Å²) in [6.45, 7) is 1.33. The number of hydrogen-bond donors (Lipinski definition) is 0. The molecule has 0 aliphatic carbocycles. The lowest BCUT2D eigenvalue weighted by atomic mass is 10.0. The maximum atomic E-state index is 5.55. The Balaban J connectivity index is 2.64. The number of alkyl halides is 1. The molecule has 1 aromatic carbocycles. The van der Waals surface area contributed by atoms with E-state index in [4.69, 9.17) is 18.9 Å². The van der Waals surface area contributed by atoms with E-state index in [0.717, 1.165) is 23.3 Å². The first-order valence-corrected chi connectivity index (χ1v) is 6.68. The highest BCUT2D eigenvalue weighted by Gasteiger charge is 2.25. The molecular weight excluding hydrogens is 300 g/mol. The van der Waals surface area contributed by atoms with E-state index >= 15 is 0 Å². The average molecular weight is 317 g/mol. The topological polar surface area (TPSA) is 36.9 Å². The van der Waals surface area contributed by atoms with Crippen LogP contribution in [0.2, 0.25) is 0 Å². The number of hydrogen-bond acceptors (Lipinski definition) is 4. The van der Waals surface area contributed by atoms with Gasteiger partial charge in [0.05, 0.1) is 39.4 Å². The van der Waals surface area contributed by atoms with Gasteiger partial charge in [0.2, 0.25) is 5.75 Å². The fraction of sp³-hybridized carbons (Fsp3) is 0.538. The van der Waals surface area contributed by atoms with E-state index < -0.39 is 0 Å². The zero-order valence-corrected chi connectivity index (χ0v) is 12.4. The van der Waals surface area contributed by atoms with Crippen LogP contribution in [0.1, 0.15) is 16.0 Å². The molecule has 1 atom stereocenters. The number of halogens is 1. The van der Waals surface area contributed by atoms with Gasteiger partial charge < -0.3 is 18.9 Å². The third-order valence-corrected chi connectivity index (χ3v) is 3.82. The minimum Gasteiger partial charge on any atom is -0.493 e. The molecule has 5 heteroatoms. The lowest BCUT2D eigenvalue weighted by Gasteiger charge is -2.19. The van der Waals surface area contributed by atoms with Crippen molar-refractivity contribution in [1.29, 1.82) is 0 Å². The van der Waals surface area contributed by atoms with E-state index in [9.17, 15) is 0 Å². The summed E-state index contributed by atoms with van der Waals surface area (Å²) < 4.78 is 21.8. The molecule has 1 heterocycles. The van der Waals surface area contributed by atoms with Crippen LogP contribution in [0.3, 0.4) is 0 Å². The Labute approximate surface area is 115 Å². The van der Waals surface area contributed by atoms with Crippen molar-refractivity contribution >= 4 is 15.9 Å². The number of benzene rings is 1. The minimum atomic E-state index is 0.142. The SMILES string of the molecule is COc1cc2c(c(OC)c1OC)CCOCC2Br. The van der Waals surface area contributed by atoms with Gasteiger partial charge in [-0.3, -0.25) is 0 Å². The molecule has 1 aliphatic heterocycles. The highest BCUT2D eigenvalue weighted by molar-refractivity contribution is 9.09. The summed E-state index contributed by atoms with van der Waals surface area (Å²) in [6.07, 6.45) is 0.807. The van der Waals surface area contributed by atoms with Gasteiger partial charge in [-0.2, -0.15) is 0 Å². The van der Waals surface area contributed by atoms with Crippen LogP contribution < -0.4 is 14.2 Å². The summed E-state index contributed by atoms with van der Waals surface area (Å²) >= 11 is 3.63. The second-order valence-corrected chi connectivity index (χ2v) is 5.11. The summed E-state index contributed by atoms with van der Waals surface area (Å²) in [4.78, 5) is 0.142. The van der Waals surface area contributed by atoms with Crippen LogP contribution in [0.15, 0.2) is 6.07 Å². The van der Waals surface area contributed by atoms with E-state index in [1.807, 2.05) is 6.07 Å². The van der Waals surface area contributed by atoms with E-state index in [1.165, 1.54) is 0 Å². The molecule has 0 fully saturated rings. The third kappa shape index (κ3) is 2.29. The van der Waals surface area contributed by atoms with Crippen LogP contribution in [-0.4, -0.2) is 34.5 Å². The molecule has 1 unspecified atom stereocenters. The Morgan fingerprint density at radius 1 is 1.17 bits per heavy atom. The van der Waals surface area contributed by atoms with E-state index in [2.05, 4.69) is 15.9 Å². The molecule has 0 amide bonds. The first kappa shape index (κ1) is 13.5. The fourth-order valence-corrected chi connectivity index (χ4v) is 2.82. The van der Waals surface area contributed by atoms with Gasteiger partial charge in [-0.15, -0.1) is 0 Å². The highest BCUT2D eigenvalue weighted by Crippen LogP contribution is 2.46. The Bertz CT molecular complexity index is 433. The van der Waals surface area contributed by atoms with Crippen molar-refractivity contribution in [2.45, 2.75) is 11.2 Å². The normalized spacial score (nSPS) is 18.8. The molecule has 0 radical (unpaired) electrons. The van der Waals surface area contributed by atoms with Crippen LogP contribution in [0, 0.1) is 0 Å². The van der Waals surface area contributed by atoms with Crippen LogP contribution in [0.4, 0.5) is 0 Å². The first-order chi connectivity index (χ1) is 8.72. The van der Waals surface area contributed by atoms with Crippen LogP contribution in [0.5, 0.6) is 17.2 Å². The van der Waals surface area contributed by atoms with E-state index in [0.29, 0.717) is 24.7 Å². The molecule has 100 valence electrons. The zero-order valence-electron chi connectivity index (χ0n) is 10.8. The first-order valence-electron chi connectivity index (χ1n) is 5.76. The van der Waals surface area contributed by atoms with Crippen molar-refractivity contribution in [3.63, 3.8) is 0 Å². The van der Waals surface area contributed by atoms with Gasteiger partial charge in [0.25, 0.3) is 0 Å². The summed E-state index contributed by atoms with van der Waals surface area (Å²) in [6, 6.07) is 1.99. The van der Waals surface area contributed by atoms with E-state index in [-0.39, 0.29) is 4.83 Å². The van der Waals surface area contributed by atoms with Crippen LogP contribution >= 0.6 is 15.9 Å². The average Bonchev–Trinajstić information content (AvgIpc) is 2.58. The molecule has 0 saturated heterocycles. The Morgan fingerprint density at radius 2 is 1.89 bits per heavy atom. The van der Waals surface area contributed by atoms with Crippen molar-refractivity contribution in [1.82, 2.24) is 0 Å². The summed E-state index contributed by atoms with van der Waals surface area (Å²) in [5.74, 6) is 2.06. The lowest BCUT2D eigenvalue weighted by Crippen LogP contribution is -2.04. The smallest absolute Gasteiger partial charge is 0.203 e. The largest absolute Gasteiger partial charge is 0.493 e. The molecule has 1 aromatic rings. The molecule has 0 spiro atoms. The summed E-state index contributed by atoms with van der Waals surface area (Å²) in [5.41, 5.74) is 2.26. The molecule has 18 heavy (non-hydrogen) atoms. The summed E-state index contributed by atoms with van der Waals surface area (Å²) in [5, 5.41) is 0. The van der Waals surface area contributed by atoms with Gasteiger partial charge >= 0.3 is 0 Å². The number of methoxy groups -OCH3 is 3. The molecule has 0 saturated carbocycles. The van der Waals surface area contributed by atoms with Crippen LogP contribution in [0.25, 0.3) is 0 Å². The van der Waals surface area contributed by atoms with Gasteiger partial charge in [-0.25, -0.2) is 0 Å². The molecule has 2 rings (SSSR count). The predicted octanol–water partition coefficient (Wildman–Crippen LogP) is 2.72. The molecular formula is C13H17BrO4. The molecule has 0 aromatic heterocycles. The second-order valence-electron chi connectivity index (χ2n) is 4.01. The fourth-order valence-electron chi connectivity index (χ4n) is 2.22. The van der Waals surface area contributed by atoms with Gasteiger partial charge in [0, 0.05) is 5.56 Å². The molecule has 0 N–H and O–H groups in total.